The lowest BCUT2D eigenvalue weighted by molar-refractivity contribution is 0.0743. The molecular weight excluding hydrogens is 386 g/mol. The van der Waals surface area contributed by atoms with Gasteiger partial charge in [-0.15, -0.1) is 0 Å². The third kappa shape index (κ3) is 4.17. The molecule has 0 saturated heterocycles. The van der Waals surface area contributed by atoms with E-state index < -0.39 is 0 Å². The SMILES string of the molecule is CCCN1C(=O)c2ccccc2C1Nc1ccc(C(=O)Nc2ccc(C)c(C)c2)cc1. The van der Waals surface area contributed by atoms with Crippen LogP contribution in [-0.4, -0.2) is 23.3 Å². The van der Waals surface area contributed by atoms with Crippen molar-refractivity contribution in [2.45, 2.75) is 33.4 Å². The van der Waals surface area contributed by atoms with Crippen molar-refractivity contribution in [3.63, 3.8) is 0 Å². The highest BCUT2D eigenvalue weighted by Gasteiger charge is 2.35. The fourth-order valence-electron chi connectivity index (χ4n) is 3.90. The molecule has 0 aliphatic carbocycles. The molecule has 1 atom stereocenters. The molecule has 3 aromatic rings. The van der Waals surface area contributed by atoms with Crippen LogP contribution in [0.4, 0.5) is 11.4 Å². The summed E-state index contributed by atoms with van der Waals surface area (Å²) >= 11 is 0. The zero-order valence-corrected chi connectivity index (χ0v) is 18.1. The molecule has 2 amide bonds. The molecule has 2 N–H and O–H groups in total. The summed E-state index contributed by atoms with van der Waals surface area (Å²) in [5, 5.41) is 6.41. The summed E-state index contributed by atoms with van der Waals surface area (Å²) in [6.45, 7) is 6.82. The summed E-state index contributed by atoms with van der Waals surface area (Å²) in [6, 6.07) is 21.0. The largest absolute Gasteiger partial charge is 0.361 e. The first-order valence-corrected chi connectivity index (χ1v) is 10.6. The smallest absolute Gasteiger partial charge is 0.256 e. The topological polar surface area (TPSA) is 61.4 Å². The van der Waals surface area contributed by atoms with Gasteiger partial charge in [-0.25, -0.2) is 0 Å². The Bertz CT molecular complexity index is 1120. The van der Waals surface area contributed by atoms with E-state index in [1.807, 2.05) is 73.3 Å². The van der Waals surface area contributed by atoms with Gasteiger partial charge < -0.3 is 15.5 Å². The van der Waals surface area contributed by atoms with Crippen molar-refractivity contribution in [1.29, 1.82) is 0 Å². The lowest BCUT2D eigenvalue weighted by Crippen LogP contribution is -2.32. The predicted octanol–water partition coefficient (Wildman–Crippen LogP) is 5.53. The van der Waals surface area contributed by atoms with Gasteiger partial charge >= 0.3 is 0 Å². The average molecular weight is 414 g/mol. The minimum atomic E-state index is -0.209. The molecule has 5 heteroatoms. The van der Waals surface area contributed by atoms with E-state index in [4.69, 9.17) is 0 Å². The van der Waals surface area contributed by atoms with Crippen LogP contribution in [0.2, 0.25) is 0 Å². The van der Waals surface area contributed by atoms with Crippen LogP contribution >= 0.6 is 0 Å². The van der Waals surface area contributed by atoms with Gasteiger partial charge in [0.1, 0.15) is 6.17 Å². The Morgan fingerprint density at radius 1 is 0.935 bits per heavy atom. The maximum atomic E-state index is 12.8. The first kappa shape index (κ1) is 20.7. The molecule has 1 aliphatic heterocycles. The standard InChI is InChI=1S/C26H27N3O2/c1-4-15-29-24(22-7-5-6-8-23(22)26(29)31)27-20-13-10-19(11-14-20)25(30)28-21-12-9-17(2)18(3)16-21/h5-14,16,24,27H,4,15H2,1-3H3,(H,28,30). The van der Waals surface area contributed by atoms with Crippen molar-refractivity contribution in [3.05, 3.63) is 94.5 Å². The number of nitrogens with one attached hydrogen (secondary N) is 2. The normalized spacial score (nSPS) is 15.0. The van der Waals surface area contributed by atoms with E-state index >= 15 is 0 Å². The maximum absolute atomic E-state index is 12.8. The quantitative estimate of drug-likeness (QED) is 0.558. The molecule has 31 heavy (non-hydrogen) atoms. The molecule has 0 saturated carbocycles. The van der Waals surface area contributed by atoms with Crippen molar-refractivity contribution in [2.24, 2.45) is 0 Å². The van der Waals surface area contributed by atoms with Gasteiger partial charge in [0, 0.05) is 34.6 Å². The van der Waals surface area contributed by atoms with Crippen LogP contribution in [0.1, 0.15) is 56.9 Å². The van der Waals surface area contributed by atoms with Crippen molar-refractivity contribution >= 4 is 23.2 Å². The van der Waals surface area contributed by atoms with E-state index in [0.717, 1.165) is 34.5 Å². The number of aryl methyl sites for hydroxylation is 2. The Kier molecular flexibility index (Phi) is 5.76. The molecule has 0 spiro atoms. The second kappa shape index (κ2) is 8.64. The van der Waals surface area contributed by atoms with Crippen LogP contribution in [0.15, 0.2) is 66.7 Å². The number of fused-ring (bicyclic) bond motifs is 1. The highest BCUT2D eigenvalue weighted by atomic mass is 16.2. The van der Waals surface area contributed by atoms with Gasteiger partial charge in [0.15, 0.2) is 0 Å². The molecule has 0 radical (unpaired) electrons. The van der Waals surface area contributed by atoms with Gasteiger partial charge in [-0.1, -0.05) is 31.2 Å². The van der Waals surface area contributed by atoms with Crippen molar-refractivity contribution in [1.82, 2.24) is 4.90 Å². The number of benzene rings is 3. The number of carbonyl (C=O) groups is 2. The molecule has 0 bridgehead atoms. The summed E-state index contributed by atoms with van der Waals surface area (Å²) in [5.74, 6) is -0.0943. The number of carbonyl (C=O) groups excluding carboxylic acids is 2. The highest BCUT2D eigenvalue weighted by molar-refractivity contribution is 6.04. The second-order valence-corrected chi connectivity index (χ2v) is 7.96. The van der Waals surface area contributed by atoms with Crippen LogP contribution in [0.25, 0.3) is 0 Å². The number of amides is 2. The first-order chi connectivity index (χ1) is 15.0. The third-order valence-corrected chi connectivity index (χ3v) is 5.74. The molecule has 0 fully saturated rings. The molecular formula is C26H27N3O2. The van der Waals surface area contributed by atoms with E-state index in [1.54, 1.807) is 12.1 Å². The van der Waals surface area contributed by atoms with Gasteiger partial charge in [0.2, 0.25) is 0 Å². The fourth-order valence-corrected chi connectivity index (χ4v) is 3.90. The lowest BCUT2D eigenvalue weighted by Gasteiger charge is -2.26. The van der Waals surface area contributed by atoms with Crippen LogP contribution in [0, 0.1) is 13.8 Å². The minimum Gasteiger partial charge on any atom is -0.361 e. The first-order valence-electron chi connectivity index (χ1n) is 10.6. The van der Waals surface area contributed by atoms with Crippen molar-refractivity contribution in [2.75, 3.05) is 17.2 Å². The second-order valence-electron chi connectivity index (χ2n) is 7.96. The Hall–Kier alpha value is -3.60. The average Bonchev–Trinajstić information content (AvgIpc) is 3.03. The number of hydrogen-bond acceptors (Lipinski definition) is 3. The van der Waals surface area contributed by atoms with E-state index in [2.05, 4.69) is 17.6 Å². The third-order valence-electron chi connectivity index (χ3n) is 5.74. The predicted molar refractivity (Wildman–Crippen MR) is 124 cm³/mol. The summed E-state index contributed by atoms with van der Waals surface area (Å²) in [4.78, 5) is 27.3. The zero-order valence-electron chi connectivity index (χ0n) is 18.1. The van der Waals surface area contributed by atoms with Crippen LogP contribution in [0.5, 0.6) is 0 Å². The van der Waals surface area contributed by atoms with Crippen LogP contribution < -0.4 is 10.6 Å². The van der Waals surface area contributed by atoms with Crippen molar-refractivity contribution in [3.8, 4) is 0 Å². The number of hydrogen-bond donors (Lipinski definition) is 2. The Morgan fingerprint density at radius 2 is 1.65 bits per heavy atom. The number of rotatable bonds is 6. The van der Waals surface area contributed by atoms with Gasteiger partial charge in [-0.05, 0) is 73.9 Å². The monoisotopic (exact) mass is 413 g/mol. The Morgan fingerprint density at radius 3 is 2.35 bits per heavy atom. The zero-order chi connectivity index (χ0) is 22.0. The minimum absolute atomic E-state index is 0.0549. The molecule has 0 aromatic heterocycles. The van der Waals surface area contributed by atoms with E-state index in [0.29, 0.717) is 12.1 Å². The summed E-state index contributed by atoms with van der Waals surface area (Å²) < 4.78 is 0. The lowest BCUT2D eigenvalue weighted by atomic mass is 10.1. The molecule has 1 aliphatic rings. The maximum Gasteiger partial charge on any atom is 0.256 e. The van der Waals surface area contributed by atoms with E-state index in [9.17, 15) is 9.59 Å². The Labute approximate surface area is 183 Å². The fraction of sp³-hybridized carbons (Fsp3) is 0.231. The van der Waals surface area contributed by atoms with E-state index in [-0.39, 0.29) is 18.0 Å². The molecule has 4 rings (SSSR count). The molecule has 3 aromatic carbocycles. The molecule has 158 valence electrons. The molecule has 5 nitrogen and oxygen atoms in total. The number of anilines is 2. The molecule has 1 unspecified atom stereocenters. The van der Waals surface area contributed by atoms with Gasteiger partial charge in [-0.3, -0.25) is 9.59 Å². The highest BCUT2D eigenvalue weighted by Crippen LogP contribution is 2.34. The van der Waals surface area contributed by atoms with Crippen molar-refractivity contribution < 1.29 is 9.59 Å². The van der Waals surface area contributed by atoms with Gasteiger partial charge in [-0.2, -0.15) is 0 Å². The Balaban J connectivity index is 1.49. The summed E-state index contributed by atoms with van der Waals surface area (Å²) in [7, 11) is 0. The van der Waals surface area contributed by atoms with Crippen LogP contribution in [-0.2, 0) is 0 Å². The molecule has 1 heterocycles. The van der Waals surface area contributed by atoms with Gasteiger partial charge in [0.05, 0.1) is 0 Å². The summed E-state index contributed by atoms with van der Waals surface area (Å²) in [5.41, 5.74) is 6.29. The summed E-state index contributed by atoms with van der Waals surface area (Å²) in [6.07, 6.45) is 0.675. The van der Waals surface area contributed by atoms with Crippen LogP contribution in [0.3, 0.4) is 0 Å². The number of nitrogens with zero attached hydrogens (tertiary/aromatic N) is 1. The van der Waals surface area contributed by atoms with Gasteiger partial charge in [0.25, 0.3) is 11.8 Å². The van der Waals surface area contributed by atoms with E-state index in [1.165, 1.54) is 5.56 Å².